The normalized spacial score (nSPS) is 27.7. The van der Waals surface area contributed by atoms with Gasteiger partial charge in [0.1, 0.15) is 48.8 Å². The summed E-state index contributed by atoms with van der Waals surface area (Å²) in [5, 5.41) is 64.6. The Morgan fingerprint density at radius 3 is 0.831 bits per heavy atom. The molecule has 59 heavy (non-hydrogen) atoms. The van der Waals surface area contributed by atoms with Gasteiger partial charge in [0.05, 0.1) is 0 Å². The van der Waals surface area contributed by atoms with Crippen LogP contribution in [-0.4, -0.2) is 142 Å². The van der Waals surface area contributed by atoms with E-state index in [-0.39, 0.29) is 0 Å². The third kappa shape index (κ3) is 24.3. The van der Waals surface area contributed by atoms with E-state index in [4.69, 9.17) is 14.2 Å². The molecule has 2 heterocycles. The number of likely N-dealkylation sites (N-methyl/N-ethyl adjacent to an activating group) is 2. The Labute approximate surface area is 362 Å². The van der Waals surface area contributed by atoms with E-state index in [1.165, 1.54) is 167 Å². The molecule has 0 radical (unpaired) electrons. The van der Waals surface area contributed by atoms with Gasteiger partial charge in [-0.2, -0.15) is 0 Å². The van der Waals surface area contributed by atoms with Crippen LogP contribution >= 0.6 is 0 Å². The monoisotopic (exact) mass is 845 g/mol. The quantitative estimate of drug-likeness (QED) is 0.0333. The maximum atomic E-state index is 10.8. The topological polar surface area (TPSA) is 156 Å². The fraction of sp³-hybridized carbons (Fsp3) is 1.00. The fourth-order valence-corrected chi connectivity index (χ4v) is 8.79. The van der Waals surface area contributed by atoms with Crippen molar-refractivity contribution >= 4 is 0 Å². The van der Waals surface area contributed by atoms with Crippen molar-refractivity contribution in [2.45, 2.75) is 268 Å². The number of rotatable bonds is 38. The first-order valence-corrected chi connectivity index (χ1v) is 25.0. The van der Waals surface area contributed by atoms with Gasteiger partial charge in [0.2, 0.25) is 0 Å². The van der Waals surface area contributed by atoms with Gasteiger partial charge in [0, 0.05) is 13.1 Å². The Bertz CT molecular complexity index is 880. The zero-order valence-corrected chi connectivity index (χ0v) is 38.6. The average Bonchev–Trinajstić information content (AvgIpc) is 3.22. The van der Waals surface area contributed by atoms with Gasteiger partial charge >= 0.3 is 0 Å². The SMILES string of the molecule is CCCCCCCCCCCCCCCCCN(C)C[C@H]1O[C@H](OC2O[C@H](CN(C)CCCCCCCCCCCCCCCCC)[C@@H](O)[C@H](O)[C@H]2O)[C@H](O)[C@@H](O)[C@@H]1O. The highest BCUT2D eigenvalue weighted by molar-refractivity contribution is 4.93. The smallest absolute Gasteiger partial charge is 0.189 e. The third-order valence-corrected chi connectivity index (χ3v) is 12.9. The van der Waals surface area contributed by atoms with Crippen LogP contribution in [0.25, 0.3) is 0 Å². The van der Waals surface area contributed by atoms with Gasteiger partial charge in [-0.1, -0.05) is 194 Å². The molecular formula is C48H96N2O9. The van der Waals surface area contributed by atoms with Crippen LogP contribution in [0, 0.1) is 0 Å². The number of aliphatic hydroxyl groups excluding tert-OH is 6. The fourth-order valence-electron chi connectivity index (χ4n) is 8.79. The maximum absolute atomic E-state index is 10.8. The molecule has 0 bridgehead atoms. The molecule has 10 atom stereocenters. The summed E-state index contributed by atoms with van der Waals surface area (Å²) in [7, 11) is 3.89. The molecule has 0 aliphatic carbocycles. The molecule has 11 nitrogen and oxygen atoms in total. The lowest BCUT2D eigenvalue weighted by atomic mass is 9.97. The van der Waals surface area contributed by atoms with E-state index in [9.17, 15) is 30.6 Å². The largest absolute Gasteiger partial charge is 0.388 e. The molecule has 2 aliphatic rings. The van der Waals surface area contributed by atoms with Crippen molar-refractivity contribution in [3.63, 3.8) is 0 Å². The minimum absolute atomic E-state index is 0.311. The van der Waals surface area contributed by atoms with Crippen LogP contribution in [0.5, 0.6) is 0 Å². The molecule has 0 aromatic carbocycles. The van der Waals surface area contributed by atoms with Crippen molar-refractivity contribution < 1.29 is 44.8 Å². The number of hydrogen-bond acceptors (Lipinski definition) is 11. The number of aliphatic hydroxyl groups is 6. The molecule has 6 N–H and O–H groups in total. The van der Waals surface area contributed by atoms with Crippen molar-refractivity contribution in [2.75, 3.05) is 40.3 Å². The summed E-state index contributed by atoms with van der Waals surface area (Å²) in [6.45, 7) is 6.76. The van der Waals surface area contributed by atoms with Gasteiger partial charge in [-0.25, -0.2) is 0 Å². The Balaban J connectivity index is 1.63. The summed E-state index contributed by atoms with van der Waals surface area (Å²) in [5.74, 6) is 0. The van der Waals surface area contributed by atoms with Gasteiger partial charge in [-0.3, -0.25) is 0 Å². The molecule has 1 unspecified atom stereocenters. The molecule has 2 saturated heterocycles. The number of hydrogen-bond donors (Lipinski definition) is 6. The van der Waals surface area contributed by atoms with E-state index in [1.807, 2.05) is 23.9 Å². The summed E-state index contributed by atoms with van der Waals surface area (Å²) in [6, 6.07) is 0. The number of unbranched alkanes of at least 4 members (excludes halogenated alkanes) is 28. The van der Waals surface area contributed by atoms with Crippen LogP contribution in [0.2, 0.25) is 0 Å². The van der Waals surface area contributed by atoms with E-state index in [2.05, 4.69) is 13.8 Å². The second kappa shape index (κ2) is 35.0. The van der Waals surface area contributed by atoms with Gasteiger partial charge in [-0.15, -0.1) is 0 Å². The molecule has 2 rings (SSSR count). The summed E-state index contributed by atoms with van der Waals surface area (Å²) in [6.07, 6.45) is 25.6. The minimum Gasteiger partial charge on any atom is -0.388 e. The molecular weight excluding hydrogens is 749 g/mol. The zero-order valence-electron chi connectivity index (χ0n) is 38.6. The molecule has 2 fully saturated rings. The molecule has 0 saturated carbocycles. The first-order valence-electron chi connectivity index (χ1n) is 25.0. The van der Waals surface area contributed by atoms with Crippen molar-refractivity contribution in [3.8, 4) is 0 Å². The Morgan fingerprint density at radius 1 is 0.339 bits per heavy atom. The highest BCUT2D eigenvalue weighted by atomic mass is 16.8. The summed E-state index contributed by atoms with van der Waals surface area (Å²) >= 11 is 0. The molecule has 0 amide bonds. The van der Waals surface area contributed by atoms with Crippen molar-refractivity contribution in [2.24, 2.45) is 0 Å². The van der Waals surface area contributed by atoms with Crippen LogP contribution in [0.4, 0.5) is 0 Å². The highest BCUT2D eigenvalue weighted by Crippen LogP contribution is 2.29. The van der Waals surface area contributed by atoms with Gasteiger partial charge < -0.3 is 54.6 Å². The van der Waals surface area contributed by atoms with E-state index in [0.717, 1.165) is 38.8 Å². The lowest BCUT2D eigenvalue weighted by Crippen LogP contribution is -2.64. The van der Waals surface area contributed by atoms with Crippen LogP contribution in [0.15, 0.2) is 0 Å². The maximum Gasteiger partial charge on any atom is 0.189 e. The lowest BCUT2D eigenvalue weighted by molar-refractivity contribution is -0.374. The van der Waals surface area contributed by atoms with Gasteiger partial charge in [-0.05, 0) is 40.0 Å². The number of ether oxygens (including phenoxy) is 3. The molecule has 0 aromatic heterocycles. The zero-order chi connectivity index (χ0) is 43.1. The Kier molecular flexibility index (Phi) is 32.4. The van der Waals surface area contributed by atoms with Crippen LogP contribution in [-0.2, 0) is 14.2 Å². The Morgan fingerprint density at radius 2 is 0.576 bits per heavy atom. The van der Waals surface area contributed by atoms with Gasteiger partial charge in [0.15, 0.2) is 12.6 Å². The summed E-state index contributed by atoms with van der Waals surface area (Å²) < 4.78 is 17.8. The van der Waals surface area contributed by atoms with E-state index in [0.29, 0.717) is 13.1 Å². The van der Waals surface area contributed by atoms with Crippen molar-refractivity contribution in [1.29, 1.82) is 0 Å². The van der Waals surface area contributed by atoms with Crippen molar-refractivity contribution in [3.05, 3.63) is 0 Å². The van der Waals surface area contributed by atoms with Crippen molar-refractivity contribution in [1.82, 2.24) is 9.80 Å². The minimum atomic E-state index is -1.60. The second-order valence-electron chi connectivity index (χ2n) is 18.6. The molecule has 2 aliphatic heterocycles. The molecule has 352 valence electrons. The van der Waals surface area contributed by atoms with Crippen LogP contribution in [0.3, 0.4) is 0 Å². The van der Waals surface area contributed by atoms with Crippen LogP contribution in [0.1, 0.15) is 206 Å². The standard InChI is InChI=1S/C48H96N2O9/c1-5-7-9-11-13-15-17-19-21-23-25-27-29-31-33-35-49(3)37-39-41(51)43(53)45(55)47(57-39)59-48-46(56)44(54)42(52)40(58-48)38-50(4)36-34-32-30-28-26-24-22-20-18-16-14-12-10-8-6-2/h39-48,51-56H,5-38H2,1-4H3/t39-,40-,41-,42-,43+,44+,45-,46-,47-,48?/m1/s1. The first kappa shape index (κ1) is 54.7. The predicted molar refractivity (Wildman–Crippen MR) is 239 cm³/mol. The average molecular weight is 845 g/mol. The Hall–Kier alpha value is -0.440. The lowest BCUT2D eigenvalue weighted by Gasteiger charge is -2.46. The first-order chi connectivity index (χ1) is 28.6. The molecule has 11 heteroatoms. The molecule has 0 aromatic rings. The predicted octanol–water partition coefficient (Wildman–Crippen LogP) is 8.22. The summed E-state index contributed by atoms with van der Waals surface area (Å²) in [5.41, 5.74) is 0. The van der Waals surface area contributed by atoms with E-state index in [1.54, 1.807) is 0 Å². The second-order valence-corrected chi connectivity index (χ2v) is 18.6. The van der Waals surface area contributed by atoms with E-state index >= 15 is 0 Å². The van der Waals surface area contributed by atoms with Crippen LogP contribution < -0.4 is 0 Å². The van der Waals surface area contributed by atoms with Gasteiger partial charge in [0.25, 0.3) is 0 Å². The highest BCUT2D eigenvalue weighted by Gasteiger charge is 2.50. The van der Waals surface area contributed by atoms with E-state index < -0.39 is 61.4 Å². The summed E-state index contributed by atoms with van der Waals surface area (Å²) in [4.78, 5) is 4.10. The molecule has 0 spiro atoms. The number of nitrogens with zero attached hydrogens (tertiary/aromatic N) is 2. The third-order valence-electron chi connectivity index (χ3n) is 12.9.